The third kappa shape index (κ3) is 3.49. The fourth-order valence-electron chi connectivity index (χ4n) is 4.80. The maximum atomic E-state index is 13.3. The van der Waals surface area contributed by atoms with Crippen LogP contribution in [0.3, 0.4) is 0 Å². The van der Waals surface area contributed by atoms with Crippen LogP contribution >= 0.6 is 0 Å². The number of carbonyl (C=O) groups excluding carboxylic acids is 1. The number of hydrogen-bond donors (Lipinski definition) is 1. The molecule has 5 nitrogen and oxygen atoms in total. The Balaban J connectivity index is 1.30. The molecule has 2 aromatic carbocycles. The first-order valence-corrected chi connectivity index (χ1v) is 10.8. The molecule has 2 aliphatic rings. The number of anilines is 1. The molecular formula is C25H27N3O2. The Morgan fingerprint density at radius 1 is 1.07 bits per heavy atom. The van der Waals surface area contributed by atoms with E-state index in [1.54, 1.807) is 7.11 Å². The molecular weight excluding hydrogens is 374 g/mol. The van der Waals surface area contributed by atoms with Crippen LogP contribution in [0.5, 0.6) is 5.75 Å². The van der Waals surface area contributed by atoms with E-state index in [9.17, 15) is 4.79 Å². The van der Waals surface area contributed by atoms with Crippen molar-refractivity contribution in [3.8, 4) is 5.75 Å². The minimum absolute atomic E-state index is 0.0645. The first-order chi connectivity index (χ1) is 14.7. The molecule has 1 amide bonds. The minimum Gasteiger partial charge on any atom is -0.497 e. The average molecular weight is 402 g/mol. The smallest absolute Gasteiger partial charge is 0.252 e. The van der Waals surface area contributed by atoms with Gasteiger partial charge in [-0.2, -0.15) is 0 Å². The van der Waals surface area contributed by atoms with Crippen molar-refractivity contribution in [1.82, 2.24) is 10.3 Å². The fraction of sp³-hybridized carbons (Fsp3) is 0.360. The summed E-state index contributed by atoms with van der Waals surface area (Å²) in [7, 11) is 1.69. The number of rotatable bonds is 4. The molecule has 1 aromatic heterocycles. The van der Waals surface area contributed by atoms with Gasteiger partial charge in [0.25, 0.3) is 5.91 Å². The highest BCUT2D eigenvalue weighted by molar-refractivity contribution is 6.08. The minimum atomic E-state index is 0.0645. The van der Waals surface area contributed by atoms with E-state index in [2.05, 4.69) is 22.3 Å². The fourth-order valence-corrected chi connectivity index (χ4v) is 4.80. The van der Waals surface area contributed by atoms with E-state index in [1.165, 1.54) is 5.69 Å². The Morgan fingerprint density at radius 2 is 1.83 bits per heavy atom. The first kappa shape index (κ1) is 18.9. The number of carbonyl (C=O) groups is 1. The van der Waals surface area contributed by atoms with Crippen molar-refractivity contribution in [3.63, 3.8) is 0 Å². The second-order valence-corrected chi connectivity index (χ2v) is 8.22. The van der Waals surface area contributed by atoms with E-state index in [4.69, 9.17) is 9.72 Å². The average Bonchev–Trinajstić information content (AvgIpc) is 3.26. The van der Waals surface area contributed by atoms with Crippen LogP contribution in [0, 0.1) is 0 Å². The Bertz CT molecular complexity index is 1070. The molecule has 3 aromatic rings. The van der Waals surface area contributed by atoms with Crippen molar-refractivity contribution in [1.29, 1.82) is 0 Å². The van der Waals surface area contributed by atoms with E-state index in [0.29, 0.717) is 0 Å². The molecule has 0 unspecified atom stereocenters. The monoisotopic (exact) mass is 401 g/mol. The van der Waals surface area contributed by atoms with Crippen molar-refractivity contribution in [2.75, 3.05) is 25.1 Å². The number of para-hydroxylation sites is 1. The van der Waals surface area contributed by atoms with Crippen LogP contribution in [0.25, 0.3) is 10.9 Å². The summed E-state index contributed by atoms with van der Waals surface area (Å²) in [5, 5.41) is 4.31. The van der Waals surface area contributed by atoms with Gasteiger partial charge in [-0.05, 0) is 68.0 Å². The van der Waals surface area contributed by atoms with Crippen LogP contribution in [0.15, 0.2) is 48.5 Å². The molecule has 30 heavy (non-hydrogen) atoms. The highest BCUT2D eigenvalue weighted by Crippen LogP contribution is 2.30. The number of piperidine rings is 1. The summed E-state index contributed by atoms with van der Waals surface area (Å²) in [4.78, 5) is 20.5. The van der Waals surface area contributed by atoms with Crippen molar-refractivity contribution in [2.45, 2.75) is 38.1 Å². The topological polar surface area (TPSA) is 54.5 Å². The number of aryl methyl sites for hydroxylation is 1. The van der Waals surface area contributed by atoms with Crippen LogP contribution in [-0.2, 0) is 12.8 Å². The molecule has 0 bridgehead atoms. The van der Waals surface area contributed by atoms with E-state index in [1.807, 2.05) is 36.4 Å². The summed E-state index contributed by atoms with van der Waals surface area (Å²) in [6, 6.07) is 16.4. The maximum absolute atomic E-state index is 13.3. The van der Waals surface area contributed by atoms with Gasteiger partial charge in [0.05, 0.1) is 18.2 Å². The molecule has 0 atom stereocenters. The summed E-state index contributed by atoms with van der Waals surface area (Å²) in [6.45, 7) is 1.87. The number of nitrogens with one attached hydrogen (secondary N) is 1. The van der Waals surface area contributed by atoms with Crippen LogP contribution in [0.1, 0.15) is 40.9 Å². The Kier molecular flexibility index (Phi) is 5.03. The zero-order valence-corrected chi connectivity index (χ0v) is 17.4. The lowest BCUT2D eigenvalue weighted by molar-refractivity contribution is 0.0932. The molecule has 0 spiro atoms. The zero-order valence-electron chi connectivity index (χ0n) is 17.4. The van der Waals surface area contributed by atoms with E-state index in [0.717, 1.165) is 78.7 Å². The molecule has 154 valence electrons. The number of hydrogen-bond acceptors (Lipinski definition) is 4. The lowest BCUT2D eigenvalue weighted by Crippen LogP contribution is -2.45. The zero-order chi connectivity index (χ0) is 20.5. The van der Waals surface area contributed by atoms with Crippen LogP contribution in [0.4, 0.5) is 5.69 Å². The molecule has 1 aliphatic heterocycles. The summed E-state index contributed by atoms with van der Waals surface area (Å²) in [5.41, 5.74) is 5.25. The predicted octanol–water partition coefficient (Wildman–Crippen LogP) is 4.13. The third-order valence-electron chi connectivity index (χ3n) is 6.41. The van der Waals surface area contributed by atoms with Crippen LogP contribution in [0.2, 0.25) is 0 Å². The lowest BCUT2D eigenvalue weighted by atomic mass is 9.98. The molecule has 1 fully saturated rings. The second kappa shape index (κ2) is 7.98. The SMILES string of the molecule is COc1ccc(N2CCC(NC(=O)c3c4c(nc5ccccc35)CCC4)CC2)cc1. The normalized spacial score (nSPS) is 16.5. The number of pyridine rings is 1. The molecule has 0 saturated carbocycles. The number of benzene rings is 2. The van der Waals surface area contributed by atoms with Crippen molar-refractivity contribution in [3.05, 3.63) is 65.4 Å². The molecule has 2 heterocycles. The van der Waals surface area contributed by atoms with Gasteiger partial charge in [0, 0.05) is 35.9 Å². The number of ether oxygens (including phenoxy) is 1. The molecule has 5 heteroatoms. The third-order valence-corrected chi connectivity index (χ3v) is 6.41. The molecule has 1 aliphatic carbocycles. The predicted molar refractivity (Wildman–Crippen MR) is 119 cm³/mol. The van der Waals surface area contributed by atoms with Gasteiger partial charge in [-0.15, -0.1) is 0 Å². The van der Waals surface area contributed by atoms with Gasteiger partial charge in [0.2, 0.25) is 0 Å². The Hall–Kier alpha value is -3.08. The van der Waals surface area contributed by atoms with Crippen LogP contribution in [-0.4, -0.2) is 37.1 Å². The number of methoxy groups -OCH3 is 1. The molecule has 5 rings (SSSR count). The van der Waals surface area contributed by atoms with Crippen molar-refractivity contribution in [2.24, 2.45) is 0 Å². The van der Waals surface area contributed by atoms with Gasteiger partial charge in [-0.25, -0.2) is 0 Å². The summed E-state index contributed by atoms with van der Waals surface area (Å²) in [5.74, 6) is 0.938. The highest BCUT2D eigenvalue weighted by atomic mass is 16.5. The van der Waals surface area contributed by atoms with Gasteiger partial charge >= 0.3 is 0 Å². The quantitative estimate of drug-likeness (QED) is 0.714. The largest absolute Gasteiger partial charge is 0.497 e. The molecule has 1 N–H and O–H groups in total. The van der Waals surface area contributed by atoms with Gasteiger partial charge in [0.1, 0.15) is 5.75 Å². The molecule has 1 saturated heterocycles. The van der Waals surface area contributed by atoms with Crippen molar-refractivity contribution < 1.29 is 9.53 Å². The molecule has 0 radical (unpaired) electrons. The van der Waals surface area contributed by atoms with E-state index < -0.39 is 0 Å². The van der Waals surface area contributed by atoms with Gasteiger partial charge in [-0.1, -0.05) is 18.2 Å². The number of fused-ring (bicyclic) bond motifs is 2. The number of nitrogens with zero attached hydrogens (tertiary/aromatic N) is 2. The van der Waals surface area contributed by atoms with Crippen molar-refractivity contribution >= 4 is 22.5 Å². The number of aromatic nitrogens is 1. The maximum Gasteiger partial charge on any atom is 0.252 e. The van der Waals surface area contributed by atoms with Gasteiger partial charge in [-0.3, -0.25) is 9.78 Å². The van der Waals surface area contributed by atoms with Gasteiger partial charge in [0.15, 0.2) is 0 Å². The summed E-state index contributed by atoms with van der Waals surface area (Å²) in [6.07, 6.45) is 4.90. The Morgan fingerprint density at radius 3 is 2.60 bits per heavy atom. The van der Waals surface area contributed by atoms with E-state index >= 15 is 0 Å². The first-order valence-electron chi connectivity index (χ1n) is 10.8. The second-order valence-electron chi connectivity index (χ2n) is 8.22. The highest BCUT2D eigenvalue weighted by Gasteiger charge is 2.26. The summed E-state index contributed by atoms with van der Waals surface area (Å²) < 4.78 is 5.25. The standard InChI is InChI=1S/C25H27N3O2/c1-30-19-11-9-18(10-12-19)28-15-13-17(14-16-28)26-25(29)24-20-5-2-3-7-22(20)27-23-8-4-6-21(23)24/h2-3,5,7,9-12,17H,4,6,8,13-16H2,1H3,(H,26,29). The van der Waals surface area contributed by atoms with E-state index in [-0.39, 0.29) is 11.9 Å². The Labute approximate surface area is 177 Å². The lowest BCUT2D eigenvalue weighted by Gasteiger charge is -2.34. The summed E-state index contributed by atoms with van der Waals surface area (Å²) >= 11 is 0. The number of amides is 1. The van der Waals surface area contributed by atoms with Crippen LogP contribution < -0.4 is 15.0 Å². The van der Waals surface area contributed by atoms with Gasteiger partial charge < -0.3 is 15.0 Å².